The van der Waals surface area contributed by atoms with Crippen molar-refractivity contribution in [3.05, 3.63) is 87.4 Å². The molecular weight excluding hydrogens is 433 g/mol. The van der Waals surface area contributed by atoms with Crippen molar-refractivity contribution >= 4 is 34.8 Å². The summed E-state index contributed by atoms with van der Waals surface area (Å²) in [5.74, 6) is 1.09. The van der Waals surface area contributed by atoms with Gasteiger partial charge in [0, 0.05) is 11.1 Å². The minimum Gasteiger partial charge on any atom is -0.496 e. The third-order valence-corrected chi connectivity index (χ3v) is 5.68. The highest BCUT2D eigenvalue weighted by atomic mass is 35.5. The van der Waals surface area contributed by atoms with Gasteiger partial charge in [0.15, 0.2) is 0 Å². The first kappa shape index (κ1) is 23.0. The summed E-state index contributed by atoms with van der Waals surface area (Å²) in [6.07, 6.45) is 0. The lowest BCUT2D eigenvalue weighted by Crippen LogP contribution is -2.13. The van der Waals surface area contributed by atoms with Crippen LogP contribution in [-0.2, 0) is 12.0 Å². The highest BCUT2D eigenvalue weighted by Gasteiger charge is 2.15. The third-order valence-electron chi connectivity index (χ3n) is 4.86. The molecule has 3 aromatic carbocycles. The SMILES string of the molecule is COc1ccc(C(=O)Nc2cccc(Cl)c2Cl)cc1COc1ccc(C(C)(C)C)cc1. The second-order valence-corrected chi connectivity index (χ2v) is 8.93. The van der Waals surface area contributed by atoms with Crippen LogP contribution >= 0.6 is 23.2 Å². The highest BCUT2D eigenvalue weighted by Crippen LogP contribution is 2.30. The largest absolute Gasteiger partial charge is 0.496 e. The van der Waals surface area contributed by atoms with Crippen LogP contribution in [0.25, 0.3) is 0 Å². The van der Waals surface area contributed by atoms with Crippen LogP contribution in [0.1, 0.15) is 42.3 Å². The Morgan fingerprint density at radius 1 is 1.00 bits per heavy atom. The van der Waals surface area contributed by atoms with Crippen LogP contribution in [0.4, 0.5) is 5.69 Å². The molecule has 0 spiro atoms. The number of benzene rings is 3. The molecule has 0 heterocycles. The maximum Gasteiger partial charge on any atom is 0.255 e. The molecule has 162 valence electrons. The monoisotopic (exact) mass is 457 g/mol. The third kappa shape index (κ3) is 5.72. The summed E-state index contributed by atoms with van der Waals surface area (Å²) >= 11 is 12.2. The van der Waals surface area contributed by atoms with Crippen LogP contribution in [-0.4, -0.2) is 13.0 Å². The number of methoxy groups -OCH3 is 1. The Morgan fingerprint density at radius 2 is 1.71 bits per heavy atom. The highest BCUT2D eigenvalue weighted by molar-refractivity contribution is 6.44. The van der Waals surface area contributed by atoms with Gasteiger partial charge in [0.25, 0.3) is 5.91 Å². The van der Waals surface area contributed by atoms with E-state index in [1.807, 2.05) is 12.1 Å². The number of anilines is 1. The average molecular weight is 458 g/mol. The van der Waals surface area contributed by atoms with Gasteiger partial charge in [-0.05, 0) is 53.4 Å². The molecule has 31 heavy (non-hydrogen) atoms. The zero-order valence-electron chi connectivity index (χ0n) is 18.0. The molecular formula is C25H25Cl2NO3. The van der Waals surface area contributed by atoms with Crippen molar-refractivity contribution in [2.24, 2.45) is 0 Å². The molecule has 0 saturated heterocycles. The van der Waals surface area contributed by atoms with Crippen molar-refractivity contribution in [1.82, 2.24) is 0 Å². The first-order valence-corrected chi connectivity index (χ1v) is 10.6. The van der Waals surface area contributed by atoms with Gasteiger partial charge in [-0.1, -0.05) is 62.2 Å². The van der Waals surface area contributed by atoms with E-state index in [2.05, 4.69) is 38.2 Å². The number of hydrogen-bond donors (Lipinski definition) is 1. The van der Waals surface area contributed by atoms with Gasteiger partial charge < -0.3 is 14.8 Å². The van der Waals surface area contributed by atoms with Crippen LogP contribution in [0.15, 0.2) is 60.7 Å². The first-order chi connectivity index (χ1) is 14.7. The van der Waals surface area contributed by atoms with Gasteiger partial charge in [-0.25, -0.2) is 0 Å². The lowest BCUT2D eigenvalue weighted by Gasteiger charge is -2.19. The van der Waals surface area contributed by atoms with Crippen molar-refractivity contribution in [2.45, 2.75) is 32.8 Å². The fraction of sp³-hybridized carbons (Fsp3) is 0.240. The molecule has 1 N–H and O–H groups in total. The Bertz CT molecular complexity index is 1070. The Hall–Kier alpha value is -2.69. The van der Waals surface area contributed by atoms with Crippen LogP contribution in [0.2, 0.25) is 10.0 Å². The number of ether oxygens (including phenoxy) is 2. The van der Waals surface area contributed by atoms with Gasteiger partial charge in [-0.15, -0.1) is 0 Å². The van der Waals surface area contributed by atoms with E-state index in [0.29, 0.717) is 27.0 Å². The molecule has 0 radical (unpaired) electrons. The van der Waals surface area contributed by atoms with E-state index < -0.39 is 0 Å². The fourth-order valence-corrected chi connectivity index (χ4v) is 3.39. The quantitative estimate of drug-likeness (QED) is 0.428. The Morgan fingerprint density at radius 3 is 2.35 bits per heavy atom. The number of rotatable bonds is 6. The summed E-state index contributed by atoms with van der Waals surface area (Å²) < 4.78 is 11.4. The number of carbonyl (C=O) groups is 1. The molecule has 6 heteroatoms. The molecule has 0 unspecified atom stereocenters. The van der Waals surface area contributed by atoms with E-state index in [0.717, 1.165) is 11.3 Å². The number of nitrogens with one attached hydrogen (secondary N) is 1. The predicted molar refractivity (Wildman–Crippen MR) is 127 cm³/mol. The van der Waals surface area contributed by atoms with Crippen LogP contribution in [0, 0.1) is 0 Å². The smallest absolute Gasteiger partial charge is 0.255 e. The molecule has 0 aliphatic rings. The topological polar surface area (TPSA) is 47.6 Å². The van der Waals surface area contributed by atoms with Crippen LogP contribution in [0.3, 0.4) is 0 Å². The molecule has 0 aliphatic heterocycles. The second-order valence-electron chi connectivity index (χ2n) is 8.15. The zero-order chi connectivity index (χ0) is 22.6. The van der Waals surface area contributed by atoms with E-state index in [1.165, 1.54) is 5.56 Å². The van der Waals surface area contributed by atoms with E-state index in [1.54, 1.807) is 43.5 Å². The molecule has 3 aromatic rings. The van der Waals surface area contributed by atoms with Crippen molar-refractivity contribution in [3.63, 3.8) is 0 Å². The number of hydrogen-bond acceptors (Lipinski definition) is 3. The molecule has 3 rings (SSSR count). The summed E-state index contributed by atoms with van der Waals surface area (Å²) in [5.41, 5.74) is 2.98. The van der Waals surface area contributed by atoms with Gasteiger partial charge in [-0.3, -0.25) is 4.79 Å². The van der Waals surface area contributed by atoms with Crippen LogP contribution in [0.5, 0.6) is 11.5 Å². The molecule has 0 bridgehead atoms. The molecule has 0 aromatic heterocycles. The van der Waals surface area contributed by atoms with Gasteiger partial charge in [0.2, 0.25) is 0 Å². The van der Waals surface area contributed by atoms with E-state index in [9.17, 15) is 4.79 Å². The maximum atomic E-state index is 12.7. The summed E-state index contributed by atoms with van der Waals surface area (Å²) in [4.78, 5) is 12.7. The number of halogens is 2. The standard InChI is InChI=1S/C25H25Cl2NO3/c1-25(2,3)18-9-11-19(12-10-18)31-15-17-14-16(8-13-22(17)30-4)24(29)28-21-7-5-6-20(26)23(21)27/h5-14H,15H2,1-4H3,(H,28,29). The Balaban J connectivity index is 1.75. The van der Waals surface area contributed by atoms with Gasteiger partial charge >= 0.3 is 0 Å². The van der Waals surface area contributed by atoms with Gasteiger partial charge in [0.1, 0.15) is 18.1 Å². The number of carbonyl (C=O) groups excluding carboxylic acids is 1. The summed E-state index contributed by atoms with van der Waals surface area (Å²) in [7, 11) is 1.59. The minimum absolute atomic E-state index is 0.0787. The van der Waals surface area contributed by atoms with E-state index >= 15 is 0 Å². The van der Waals surface area contributed by atoms with Crippen molar-refractivity contribution in [3.8, 4) is 11.5 Å². The zero-order valence-corrected chi connectivity index (χ0v) is 19.5. The minimum atomic E-state index is -0.303. The molecule has 0 saturated carbocycles. The van der Waals surface area contributed by atoms with Crippen molar-refractivity contribution in [1.29, 1.82) is 0 Å². The first-order valence-electron chi connectivity index (χ1n) is 9.84. The summed E-state index contributed by atoms with van der Waals surface area (Å²) in [6.45, 7) is 6.76. The fourth-order valence-electron chi connectivity index (χ4n) is 3.04. The molecule has 0 aliphatic carbocycles. The molecule has 0 fully saturated rings. The molecule has 4 nitrogen and oxygen atoms in total. The van der Waals surface area contributed by atoms with Gasteiger partial charge in [0.05, 0.1) is 22.8 Å². The second kappa shape index (κ2) is 9.63. The summed E-state index contributed by atoms with van der Waals surface area (Å²) in [6, 6.07) is 18.3. The lowest BCUT2D eigenvalue weighted by molar-refractivity contribution is 0.102. The summed E-state index contributed by atoms with van der Waals surface area (Å²) in [5, 5.41) is 3.46. The number of amides is 1. The van der Waals surface area contributed by atoms with Gasteiger partial charge in [-0.2, -0.15) is 0 Å². The molecule has 1 amide bonds. The van der Waals surface area contributed by atoms with Crippen molar-refractivity contribution < 1.29 is 14.3 Å². The molecule has 0 atom stereocenters. The maximum absolute atomic E-state index is 12.7. The lowest BCUT2D eigenvalue weighted by atomic mass is 9.87. The van der Waals surface area contributed by atoms with Crippen molar-refractivity contribution in [2.75, 3.05) is 12.4 Å². The Kier molecular flexibility index (Phi) is 7.14. The van der Waals surface area contributed by atoms with E-state index in [4.69, 9.17) is 32.7 Å². The predicted octanol–water partition coefficient (Wildman–Crippen LogP) is 7.13. The Labute approximate surface area is 193 Å². The van der Waals surface area contributed by atoms with Crippen LogP contribution < -0.4 is 14.8 Å². The van der Waals surface area contributed by atoms with E-state index in [-0.39, 0.29) is 17.9 Å². The average Bonchev–Trinajstić information content (AvgIpc) is 2.75. The normalized spacial score (nSPS) is 11.2.